The van der Waals surface area contributed by atoms with E-state index in [9.17, 15) is 9.90 Å². The Morgan fingerprint density at radius 3 is 2.66 bits per heavy atom. The number of amides is 1. The van der Waals surface area contributed by atoms with Gasteiger partial charge in [-0.1, -0.05) is 29.4 Å². The Bertz CT molecular complexity index is 1240. The zero-order valence-corrected chi connectivity index (χ0v) is 17.4. The molecular weight excluding hydrogens is 408 g/mol. The Hall–Kier alpha value is -4.24. The Balaban J connectivity index is 1.41. The standard InChI is InChI=1S/C23H22N6O3/c1-14-21(20(13-30)29-32-14)19-10-11-25-23(28-19)26-12-15-6-8-16(9-7-15)22(31)27-18-5-3-2-4-17(18)24/h2-11,30H,12-13,24H2,1H3,(H,27,31)(H,25,26,28). The van der Waals surface area contributed by atoms with E-state index in [0.29, 0.717) is 52.1 Å². The molecule has 0 unspecified atom stereocenters. The summed E-state index contributed by atoms with van der Waals surface area (Å²) in [4.78, 5) is 21.2. The summed E-state index contributed by atoms with van der Waals surface area (Å²) in [5.41, 5.74) is 10.1. The van der Waals surface area contributed by atoms with Gasteiger partial charge in [-0.25, -0.2) is 9.97 Å². The molecule has 1 amide bonds. The summed E-state index contributed by atoms with van der Waals surface area (Å²) in [6.07, 6.45) is 1.63. The van der Waals surface area contributed by atoms with Gasteiger partial charge in [0.25, 0.3) is 5.91 Å². The molecule has 0 atom stereocenters. The summed E-state index contributed by atoms with van der Waals surface area (Å²) in [5.74, 6) is 0.764. The quantitative estimate of drug-likeness (QED) is 0.327. The van der Waals surface area contributed by atoms with Crippen molar-refractivity contribution in [3.63, 3.8) is 0 Å². The molecule has 0 radical (unpaired) electrons. The zero-order valence-electron chi connectivity index (χ0n) is 17.4. The average Bonchev–Trinajstić information content (AvgIpc) is 3.20. The minimum Gasteiger partial charge on any atom is -0.397 e. The van der Waals surface area contributed by atoms with Gasteiger partial charge in [0.2, 0.25) is 5.95 Å². The Kier molecular flexibility index (Phi) is 6.09. The van der Waals surface area contributed by atoms with Crippen LogP contribution in [0.4, 0.5) is 17.3 Å². The van der Waals surface area contributed by atoms with Crippen molar-refractivity contribution in [3.05, 3.63) is 83.4 Å². The lowest BCUT2D eigenvalue weighted by Crippen LogP contribution is -2.13. The lowest BCUT2D eigenvalue weighted by atomic mass is 10.1. The summed E-state index contributed by atoms with van der Waals surface area (Å²) in [6.45, 7) is 1.99. The van der Waals surface area contributed by atoms with Crippen LogP contribution in [-0.4, -0.2) is 26.1 Å². The van der Waals surface area contributed by atoms with Gasteiger partial charge >= 0.3 is 0 Å². The topological polar surface area (TPSA) is 139 Å². The number of benzene rings is 2. The lowest BCUT2D eigenvalue weighted by Gasteiger charge is -2.09. The lowest BCUT2D eigenvalue weighted by molar-refractivity contribution is 0.102. The number of hydrogen-bond donors (Lipinski definition) is 4. The third-order valence-electron chi connectivity index (χ3n) is 4.87. The van der Waals surface area contributed by atoms with Crippen molar-refractivity contribution in [2.24, 2.45) is 0 Å². The van der Waals surface area contributed by atoms with Crippen LogP contribution in [0, 0.1) is 6.92 Å². The molecular formula is C23H22N6O3. The molecule has 4 aromatic rings. The second-order valence-corrected chi connectivity index (χ2v) is 7.08. The maximum atomic E-state index is 12.5. The summed E-state index contributed by atoms with van der Waals surface area (Å²) < 4.78 is 5.15. The summed E-state index contributed by atoms with van der Waals surface area (Å²) >= 11 is 0. The number of rotatable bonds is 7. The second kappa shape index (κ2) is 9.27. The molecule has 0 aliphatic rings. The first-order valence-corrected chi connectivity index (χ1v) is 9.93. The van der Waals surface area contributed by atoms with Gasteiger partial charge in [0, 0.05) is 18.3 Å². The molecule has 0 fully saturated rings. The summed E-state index contributed by atoms with van der Waals surface area (Å²) in [6, 6.07) is 16.0. The smallest absolute Gasteiger partial charge is 0.255 e. The number of hydrogen-bond acceptors (Lipinski definition) is 8. The molecule has 162 valence electrons. The monoisotopic (exact) mass is 430 g/mol. The zero-order chi connectivity index (χ0) is 22.5. The first-order valence-electron chi connectivity index (χ1n) is 9.93. The van der Waals surface area contributed by atoms with Crippen LogP contribution in [0.15, 0.2) is 65.3 Å². The van der Waals surface area contributed by atoms with Gasteiger partial charge in [-0.2, -0.15) is 0 Å². The van der Waals surface area contributed by atoms with Crippen LogP contribution in [0.5, 0.6) is 0 Å². The predicted octanol–water partition coefficient (Wildman–Crippen LogP) is 3.38. The molecule has 32 heavy (non-hydrogen) atoms. The maximum absolute atomic E-state index is 12.5. The van der Waals surface area contributed by atoms with Crippen molar-refractivity contribution in [3.8, 4) is 11.3 Å². The van der Waals surface area contributed by atoms with E-state index in [2.05, 4.69) is 25.8 Å². The molecule has 4 rings (SSSR count). The van der Waals surface area contributed by atoms with Crippen molar-refractivity contribution >= 4 is 23.2 Å². The minimum atomic E-state index is -0.240. The minimum absolute atomic E-state index is 0.234. The molecule has 0 spiro atoms. The molecule has 2 aromatic carbocycles. The Labute approximate surface area is 184 Å². The number of carbonyl (C=O) groups excluding carboxylic acids is 1. The third-order valence-corrected chi connectivity index (χ3v) is 4.87. The number of aryl methyl sites for hydroxylation is 1. The van der Waals surface area contributed by atoms with E-state index >= 15 is 0 Å². The maximum Gasteiger partial charge on any atom is 0.255 e. The van der Waals surface area contributed by atoms with Crippen molar-refractivity contribution in [2.75, 3.05) is 16.4 Å². The predicted molar refractivity (Wildman–Crippen MR) is 121 cm³/mol. The van der Waals surface area contributed by atoms with Gasteiger partial charge in [0.1, 0.15) is 11.5 Å². The first kappa shape index (κ1) is 21.0. The highest BCUT2D eigenvalue weighted by molar-refractivity contribution is 6.05. The molecule has 9 nitrogen and oxygen atoms in total. The molecule has 0 bridgehead atoms. The van der Waals surface area contributed by atoms with E-state index in [0.717, 1.165) is 5.56 Å². The fourth-order valence-corrected chi connectivity index (χ4v) is 3.20. The highest BCUT2D eigenvalue weighted by Gasteiger charge is 2.16. The van der Waals surface area contributed by atoms with Crippen molar-refractivity contribution in [2.45, 2.75) is 20.1 Å². The van der Waals surface area contributed by atoms with E-state index in [1.54, 1.807) is 43.5 Å². The fourth-order valence-electron chi connectivity index (χ4n) is 3.20. The second-order valence-electron chi connectivity index (χ2n) is 7.08. The summed E-state index contributed by atoms with van der Waals surface area (Å²) in [5, 5.41) is 19.3. The van der Waals surface area contributed by atoms with Crippen molar-refractivity contribution in [1.82, 2.24) is 15.1 Å². The van der Waals surface area contributed by atoms with Crippen LogP contribution in [0.25, 0.3) is 11.3 Å². The highest BCUT2D eigenvalue weighted by Crippen LogP contribution is 2.26. The van der Waals surface area contributed by atoms with Crippen molar-refractivity contribution < 1.29 is 14.4 Å². The number of nitrogens with one attached hydrogen (secondary N) is 2. The van der Waals surface area contributed by atoms with Gasteiger partial charge in [0.05, 0.1) is 29.2 Å². The van der Waals surface area contributed by atoms with Crippen LogP contribution in [-0.2, 0) is 13.2 Å². The molecule has 2 aromatic heterocycles. The number of aromatic nitrogens is 3. The molecule has 5 N–H and O–H groups in total. The fraction of sp³-hybridized carbons (Fsp3) is 0.130. The molecule has 0 saturated carbocycles. The van der Waals surface area contributed by atoms with E-state index in [1.165, 1.54) is 0 Å². The number of anilines is 3. The van der Waals surface area contributed by atoms with Gasteiger partial charge in [-0.3, -0.25) is 4.79 Å². The Morgan fingerprint density at radius 2 is 1.91 bits per heavy atom. The molecule has 9 heteroatoms. The number of nitrogens with zero attached hydrogens (tertiary/aromatic N) is 3. The van der Waals surface area contributed by atoms with Gasteiger partial charge in [0.15, 0.2) is 0 Å². The van der Waals surface area contributed by atoms with Crippen molar-refractivity contribution in [1.29, 1.82) is 0 Å². The van der Waals surface area contributed by atoms with E-state index < -0.39 is 0 Å². The number of carbonyl (C=O) groups is 1. The number of nitrogens with two attached hydrogens (primary N) is 1. The van der Waals surface area contributed by atoms with Gasteiger partial charge in [-0.15, -0.1) is 0 Å². The average molecular weight is 430 g/mol. The van der Waals surface area contributed by atoms with Crippen LogP contribution < -0.4 is 16.4 Å². The van der Waals surface area contributed by atoms with E-state index in [4.69, 9.17) is 10.3 Å². The van der Waals surface area contributed by atoms with Crippen LogP contribution >= 0.6 is 0 Å². The largest absolute Gasteiger partial charge is 0.397 e. The van der Waals surface area contributed by atoms with Crippen LogP contribution in [0.2, 0.25) is 0 Å². The SMILES string of the molecule is Cc1onc(CO)c1-c1ccnc(NCc2ccc(C(=O)Nc3ccccc3N)cc2)n1. The van der Waals surface area contributed by atoms with E-state index in [1.807, 2.05) is 24.3 Å². The van der Waals surface area contributed by atoms with Gasteiger partial charge in [-0.05, 0) is 42.8 Å². The summed E-state index contributed by atoms with van der Waals surface area (Å²) in [7, 11) is 0. The number of para-hydroxylation sites is 2. The van der Waals surface area contributed by atoms with Crippen LogP contribution in [0.3, 0.4) is 0 Å². The van der Waals surface area contributed by atoms with E-state index in [-0.39, 0.29) is 12.5 Å². The number of aliphatic hydroxyl groups excluding tert-OH is 1. The molecule has 0 aliphatic carbocycles. The van der Waals surface area contributed by atoms with Crippen LogP contribution in [0.1, 0.15) is 27.4 Å². The molecule has 0 saturated heterocycles. The number of nitrogen functional groups attached to an aromatic ring is 1. The number of aliphatic hydroxyl groups is 1. The normalized spacial score (nSPS) is 10.7. The van der Waals surface area contributed by atoms with Gasteiger partial charge < -0.3 is 26.0 Å². The Morgan fingerprint density at radius 1 is 1.12 bits per heavy atom. The third kappa shape index (κ3) is 4.57. The molecule has 0 aliphatic heterocycles. The first-order chi connectivity index (χ1) is 15.5. The highest BCUT2D eigenvalue weighted by atomic mass is 16.5. The molecule has 2 heterocycles.